The van der Waals surface area contributed by atoms with Crippen LogP contribution in [0.2, 0.25) is 5.15 Å². The number of amides is 1. The number of nitrogens with two attached hydrogens (primary N) is 1. The average molecular weight is 394 g/mol. The molecule has 2 heterocycles. The minimum absolute atomic E-state index is 0.0910. The number of fused-ring (bicyclic) bond motifs is 1. The van der Waals surface area contributed by atoms with Gasteiger partial charge in [-0.3, -0.25) is 9.78 Å². The number of hydrogen-bond acceptors (Lipinski definition) is 5. The zero-order chi connectivity index (χ0) is 20.0. The fourth-order valence-electron chi connectivity index (χ4n) is 3.18. The van der Waals surface area contributed by atoms with Crippen LogP contribution in [0.4, 0.5) is 0 Å². The van der Waals surface area contributed by atoms with Crippen molar-refractivity contribution in [3.63, 3.8) is 0 Å². The second-order valence-electron chi connectivity index (χ2n) is 7.71. The molecule has 0 saturated heterocycles. The van der Waals surface area contributed by atoms with Crippen LogP contribution in [0.5, 0.6) is 5.88 Å². The molecular weight excluding hydrogens is 366 g/mol. The van der Waals surface area contributed by atoms with E-state index in [1.165, 1.54) is 0 Å². The van der Waals surface area contributed by atoms with Crippen molar-refractivity contribution >= 4 is 28.9 Å². The molecule has 0 atom stereocenters. The molecule has 0 spiro atoms. The van der Waals surface area contributed by atoms with E-state index in [0.717, 1.165) is 42.1 Å². The topological polar surface area (TPSA) is 87.3 Å². The zero-order valence-electron chi connectivity index (χ0n) is 16.4. The lowest BCUT2D eigenvalue weighted by Gasteiger charge is -2.33. The molecule has 1 aliphatic rings. The van der Waals surface area contributed by atoms with E-state index >= 15 is 0 Å². The molecule has 27 heavy (non-hydrogen) atoms. The van der Waals surface area contributed by atoms with E-state index in [0.29, 0.717) is 17.1 Å². The Hall–Kier alpha value is -1.92. The Morgan fingerprint density at radius 2 is 1.78 bits per heavy atom. The van der Waals surface area contributed by atoms with Gasteiger partial charge in [-0.05, 0) is 65.0 Å². The first-order valence-electron chi connectivity index (χ1n) is 9.14. The highest BCUT2D eigenvalue weighted by atomic mass is 35.5. The molecule has 1 saturated carbocycles. The highest BCUT2D eigenvalue weighted by Gasteiger charge is 2.27. The van der Waals surface area contributed by atoms with Crippen molar-refractivity contribution in [3.05, 3.63) is 29.0 Å². The van der Waals surface area contributed by atoms with Gasteiger partial charge in [-0.15, -0.1) is 0 Å². The van der Waals surface area contributed by atoms with Crippen molar-refractivity contribution in [2.75, 3.05) is 0 Å². The number of nitrogens with zero attached hydrogens (tertiary/aromatic N) is 2. The molecule has 0 unspecified atom stereocenters. The minimum atomic E-state index is -0.0910. The lowest BCUT2D eigenvalue weighted by Crippen LogP contribution is -2.33. The Bertz CT molecular complexity index is 769. The van der Waals surface area contributed by atoms with Crippen molar-refractivity contribution in [3.8, 4) is 5.88 Å². The van der Waals surface area contributed by atoms with Crippen LogP contribution < -0.4 is 10.5 Å². The number of aryl methyl sites for hydroxylation is 1. The molecule has 0 bridgehead atoms. The molecule has 0 aromatic carbocycles. The monoisotopic (exact) mass is 393 g/mol. The first-order chi connectivity index (χ1) is 12.7. The summed E-state index contributed by atoms with van der Waals surface area (Å²) in [5.41, 5.74) is 5.98. The second kappa shape index (κ2) is 9.33. The number of rotatable bonds is 3. The summed E-state index contributed by atoms with van der Waals surface area (Å²) in [7, 11) is 0. The van der Waals surface area contributed by atoms with Crippen molar-refractivity contribution in [1.29, 1.82) is 0 Å². The summed E-state index contributed by atoms with van der Waals surface area (Å²) in [4.78, 5) is 17.4. The van der Waals surface area contributed by atoms with Gasteiger partial charge in [0.1, 0.15) is 11.3 Å². The molecule has 148 valence electrons. The summed E-state index contributed by atoms with van der Waals surface area (Å²) in [6.45, 7) is 8.33. The molecule has 2 aromatic heterocycles. The third-order valence-electron chi connectivity index (χ3n) is 4.17. The SMILES string of the molecule is Cc1cnc2cc(Cl)nc(OC3CCC(OC(C)(C)C)CC3)c2c1.NC=O. The van der Waals surface area contributed by atoms with Crippen LogP contribution in [0.3, 0.4) is 0 Å². The molecule has 0 aliphatic heterocycles. The zero-order valence-corrected chi connectivity index (χ0v) is 17.1. The van der Waals surface area contributed by atoms with Gasteiger partial charge in [0.15, 0.2) is 0 Å². The lowest BCUT2D eigenvalue weighted by molar-refractivity contribution is -0.106. The molecular formula is C20H28ClN3O3. The molecule has 6 nitrogen and oxygen atoms in total. The van der Waals surface area contributed by atoms with Gasteiger partial charge in [-0.25, -0.2) is 4.98 Å². The Balaban J connectivity index is 0.000000817. The van der Waals surface area contributed by atoms with Crippen molar-refractivity contribution < 1.29 is 14.3 Å². The molecule has 7 heteroatoms. The molecule has 1 aliphatic carbocycles. The van der Waals surface area contributed by atoms with E-state index in [4.69, 9.17) is 25.9 Å². The van der Waals surface area contributed by atoms with Gasteiger partial charge in [0.25, 0.3) is 0 Å². The number of hydrogen-bond donors (Lipinski definition) is 1. The summed E-state index contributed by atoms with van der Waals surface area (Å²) >= 11 is 6.13. The normalized spacial score (nSPS) is 19.9. The number of halogens is 1. The van der Waals surface area contributed by atoms with Gasteiger partial charge in [-0.2, -0.15) is 0 Å². The molecule has 1 amide bonds. The number of pyridine rings is 2. The number of ether oxygens (including phenoxy) is 2. The maximum Gasteiger partial charge on any atom is 0.224 e. The van der Waals surface area contributed by atoms with Gasteiger partial charge >= 0.3 is 0 Å². The maximum atomic E-state index is 8.58. The van der Waals surface area contributed by atoms with Crippen molar-refractivity contribution in [1.82, 2.24) is 9.97 Å². The van der Waals surface area contributed by atoms with Gasteiger partial charge in [0, 0.05) is 12.3 Å². The molecule has 2 aromatic rings. The highest BCUT2D eigenvalue weighted by Crippen LogP contribution is 2.31. The third kappa shape index (κ3) is 6.63. The average Bonchev–Trinajstić information content (AvgIpc) is 2.57. The van der Waals surface area contributed by atoms with Gasteiger partial charge in [0.2, 0.25) is 12.3 Å². The number of carbonyl (C=O) groups excluding carboxylic acids is 1. The highest BCUT2D eigenvalue weighted by molar-refractivity contribution is 6.30. The fraction of sp³-hybridized carbons (Fsp3) is 0.550. The van der Waals surface area contributed by atoms with Gasteiger partial charge in [-0.1, -0.05) is 11.6 Å². The van der Waals surface area contributed by atoms with Crippen LogP contribution in [0.25, 0.3) is 10.9 Å². The van der Waals surface area contributed by atoms with E-state index in [1.54, 1.807) is 6.07 Å². The van der Waals surface area contributed by atoms with Crippen LogP contribution in [0, 0.1) is 6.92 Å². The number of aromatic nitrogens is 2. The maximum absolute atomic E-state index is 8.58. The summed E-state index contributed by atoms with van der Waals surface area (Å²) in [5.74, 6) is 0.592. The van der Waals surface area contributed by atoms with Crippen LogP contribution in [0.15, 0.2) is 18.3 Å². The molecule has 3 rings (SSSR count). The predicted octanol–water partition coefficient (Wildman–Crippen LogP) is 4.20. The van der Waals surface area contributed by atoms with Crippen molar-refractivity contribution in [2.24, 2.45) is 5.73 Å². The van der Waals surface area contributed by atoms with Crippen LogP contribution in [-0.2, 0) is 9.53 Å². The smallest absolute Gasteiger partial charge is 0.224 e. The summed E-state index contributed by atoms with van der Waals surface area (Å²) < 4.78 is 12.3. The standard InChI is InChI=1S/C19H25ClN2O2.CH3NO/c1-12-9-15-16(21-11-12)10-17(20)22-18(15)23-13-5-7-14(8-6-13)24-19(2,3)4;2-1-3/h9-11,13-14H,5-8H2,1-4H3;1H,(H2,2,3). The molecule has 1 fully saturated rings. The fourth-order valence-corrected chi connectivity index (χ4v) is 3.36. The number of carbonyl (C=O) groups is 1. The Morgan fingerprint density at radius 3 is 2.37 bits per heavy atom. The van der Waals surface area contributed by atoms with E-state index < -0.39 is 0 Å². The second-order valence-corrected chi connectivity index (χ2v) is 8.10. The predicted molar refractivity (Wildman–Crippen MR) is 107 cm³/mol. The molecule has 0 radical (unpaired) electrons. The third-order valence-corrected chi connectivity index (χ3v) is 4.36. The molecule has 2 N–H and O–H groups in total. The largest absolute Gasteiger partial charge is 0.474 e. The van der Waals surface area contributed by atoms with E-state index in [-0.39, 0.29) is 18.1 Å². The van der Waals surface area contributed by atoms with E-state index in [9.17, 15) is 0 Å². The van der Waals surface area contributed by atoms with Crippen LogP contribution >= 0.6 is 11.6 Å². The first-order valence-corrected chi connectivity index (χ1v) is 9.52. The Labute approximate surface area is 165 Å². The Kier molecular flexibility index (Phi) is 7.39. The first kappa shape index (κ1) is 21.4. The summed E-state index contributed by atoms with van der Waals surface area (Å²) in [6.07, 6.45) is 6.51. The summed E-state index contributed by atoms with van der Waals surface area (Å²) in [5, 5.41) is 1.34. The minimum Gasteiger partial charge on any atom is -0.474 e. The van der Waals surface area contributed by atoms with Crippen LogP contribution in [0.1, 0.15) is 52.0 Å². The quantitative estimate of drug-likeness (QED) is 0.623. The number of primary amides is 1. The van der Waals surface area contributed by atoms with E-state index in [2.05, 4.69) is 42.5 Å². The lowest BCUT2D eigenvalue weighted by atomic mass is 9.94. The van der Waals surface area contributed by atoms with Gasteiger partial charge in [0.05, 0.1) is 22.6 Å². The van der Waals surface area contributed by atoms with Crippen molar-refractivity contribution in [2.45, 2.75) is 71.2 Å². The summed E-state index contributed by atoms with van der Waals surface area (Å²) in [6, 6.07) is 3.83. The Morgan fingerprint density at radius 1 is 1.19 bits per heavy atom. The van der Waals surface area contributed by atoms with E-state index in [1.807, 2.05) is 13.1 Å². The van der Waals surface area contributed by atoms with Crippen LogP contribution in [-0.4, -0.2) is 34.2 Å². The van der Waals surface area contributed by atoms with Gasteiger partial charge < -0.3 is 15.2 Å².